The molecule has 5 nitrogen and oxygen atoms in total. The summed E-state index contributed by atoms with van der Waals surface area (Å²) < 4.78 is 5.18. The van der Waals surface area contributed by atoms with E-state index in [0.717, 1.165) is 25.8 Å². The molecule has 1 fully saturated rings. The van der Waals surface area contributed by atoms with Gasteiger partial charge in [0.25, 0.3) is 0 Å². The summed E-state index contributed by atoms with van der Waals surface area (Å²) in [4.78, 5) is 14.2. The molecule has 5 heteroatoms. The highest BCUT2D eigenvalue weighted by Crippen LogP contribution is 2.26. The highest BCUT2D eigenvalue weighted by atomic mass is 16.5. The fraction of sp³-hybridized carbons (Fsp3) is 0.933. The molecular formula is C15H31N3O2. The smallest absolute Gasteiger partial charge is 0.237 e. The molecule has 118 valence electrons. The number of hydrogen-bond donors (Lipinski definition) is 2. The normalized spacial score (nSPS) is 20.1. The molecule has 0 heterocycles. The van der Waals surface area contributed by atoms with Crippen LogP contribution in [-0.4, -0.2) is 54.7 Å². The summed E-state index contributed by atoms with van der Waals surface area (Å²) in [7, 11) is 1.71. The second-order valence-electron chi connectivity index (χ2n) is 6.49. The van der Waals surface area contributed by atoms with Crippen LogP contribution in [0.25, 0.3) is 0 Å². The Morgan fingerprint density at radius 1 is 1.45 bits per heavy atom. The van der Waals surface area contributed by atoms with E-state index in [-0.39, 0.29) is 11.9 Å². The Labute approximate surface area is 123 Å². The first-order valence-corrected chi connectivity index (χ1v) is 7.62. The van der Waals surface area contributed by atoms with E-state index in [1.54, 1.807) is 7.11 Å². The number of rotatable bonds is 10. The number of amides is 1. The summed E-state index contributed by atoms with van der Waals surface area (Å²) in [6.07, 6.45) is 3.02. The Morgan fingerprint density at radius 2 is 2.05 bits per heavy atom. The average Bonchev–Trinajstić information content (AvgIpc) is 3.12. The topological polar surface area (TPSA) is 67.6 Å². The fourth-order valence-corrected chi connectivity index (χ4v) is 2.80. The van der Waals surface area contributed by atoms with Crippen molar-refractivity contribution in [3.05, 3.63) is 0 Å². The van der Waals surface area contributed by atoms with Crippen LogP contribution < -0.4 is 11.1 Å². The van der Waals surface area contributed by atoms with Crippen molar-refractivity contribution in [1.82, 2.24) is 10.2 Å². The third-order valence-electron chi connectivity index (χ3n) is 4.13. The molecule has 0 aromatic rings. The average molecular weight is 285 g/mol. The molecule has 1 rings (SSSR count). The molecule has 0 saturated heterocycles. The molecule has 1 saturated carbocycles. The van der Waals surface area contributed by atoms with Crippen molar-refractivity contribution in [3.8, 4) is 0 Å². The Morgan fingerprint density at radius 3 is 2.45 bits per heavy atom. The number of nitrogens with zero attached hydrogens (tertiary/aromatic N) is 1. The number of ether oxygens (including phenoxy) is 1. The van der Waals surface area contributed by atoms with Crippen molar-refractivity contribution in [1.29, 1.82) is 0 Å². The summed E-state index contributed by atoms with van der Waals surface area (Å²) in [5, 5.41) is 3.42. The Hall–Kier alpha value is -0.650. The maximum absolute atomic E-state index is 11.8. The van der Waals surface area contributed by atoms with E-state index >= 15 is 0 Å². The maximum Gasteiger partial charge on any atom is 0.237 e. The van der Waals surface area contributed by atoms with Crippen LogP contribution in [0, 0.1) is 0 Å². The van der Waals surface area contributed by atoms with Crippen LogP contribution >= 0.6 is 0 Å². The maximum atomic E-state index is 11.8. The van der Waals surface area contributed by atoms with Gasteiger partial charge in [-0.1, -0.05) is 0 Å². The molecular weight excluding hydrogens is 254 g/mol. The van der Waals surface area contributed by atoms with Gasteiger partial charge in [-0.3, -0.25) is 9.69 Å². The monoisotopic (exact) mass is 285 g/mol. The fourth-order valence-electron chi connectivity index (χ4n) is 2.80. The van der Waals surface area contributed by atoms with Crippen molar-refractivity contribution in [2.24, 2.45) is 5.73 Å². The van der Waals surface area contributed by atoms with Gasteiger partial charge in [-0.2, -0.15) is 0 Å². The van der Waals surface area contributed by atoms with Gasteiger partial charge in [0.05, 0.1) is 12.1 Å². The van der Waals surface area contributed by atoms with E-state index in [4.69, 9.17) is 10.5 Å². The van der Waals surface area contributed by atoms with Gasteiger partial charge in [-0.05, 0) is 47.0 Å². The molecule has 0 aliphatic heterocycles. The van der Waals surface area contributed by atoms with Crippen molar-refractivity contribution in [3.63, 3.8) is 0 Å². The zero-order valence-corrected chi connectivity index (χ0v) is 13.6. The van der Waals surface area contributed by atoms with E-state index in [0.29, 0.717) is 18.7 Å². The quantitative estimate of drug-likeness (QED) is 0.631. The minimum absolute atomic E-state index is 0.258. The standard InChI is InChI=1S/C15H31N3O2/c1-11(2)18(8-9-20-5)12(3)10-15(4,14(16)19)17-13-6-7-13/h11-13,17H,6-10H2,1-5H3,(H2,16,19). The van der Waals surface area contributed by atoms with Gasteiger partial charge in [0, 0.05) is 31.8 Å². The van der Waals surface area contributed by atoms with Gasteiger partial charge < -0.3 is 15.8 Å². The molecule has 0 aromatic carbocycles. The lowest BCUT2D eigenvalue weighted by molar-refractivity contribution is -0.124. The number of nitrogens with two attached hydrogens (primary N) is 1. The third-order valence-corrected chi connectivity index (χ3v) is 4.13. The molecule has 3 N–H and O–H groups in total. The number of methoxy groups -OCH3 is 1. The first-order valence-electron chi connectivity index (χ1n) is 7.62. The van der Waals surface area contributed by atoms with Gasteiger partial charge in [-0.15, -0.1) is 0 Å². The zero-order valence-electron chi connectivity index (χ0n) is 13.6. The molecule has 1 aliphatic carbocycles. The molecule has 0 radical (unpaired) electrons. The molecule has 2 unspecified atom stereocenters. The molecule has 1 amide bonds. The SMILES string of the molecule is COCCN(C(C)C)C(C)CC(C)(NC1CC1)C(N)=O. The van der Waals surface area contributed by atoms with E-state index in [9.17, 15) is 4.79 Å². The van der Waals surface area contributed by atoms with Crippen molar-refractivity contribution < 1.29 is 9.53 Å². The predicted molar refractivity (Wildman–Crippen MR) is 81.6 cm³/mol. The summed E-state index contributed by atoms with van der Waals surface area (Å²) in [6.45, 7) is 9.99. The molecule has 0 spiro atoms. The second-order valence-corrected chi connectivity index (χ2v) is 6.49. The van der Waals surface area contributed by atoms with Crippen molar-refractivity contribution in [2.45, 2.75) is 70.6 Å². The zero-order chi connectivity index (χ0) is 15.3. The first kappa shape index (κ1) is 17.4. The van der Waals surface area contributed by atoms with Gasteiger partial charge in [0.2, 0.25) is 5.91 Å². The first-order chi connectivity index (χ1) is 9.30. The van der Waals surface area contributed by atoms with Crippen LogP contribution in [0.4, 0.5) is 0 Å². The number of hydrogen-bond acceptors (Lipinski definition) is 4. The molecule has 0 bridgehead atoms. The highest BCUT2D eigenvalue weighted by molar-refractivity contribution is 5.84. The van der Waals surface area contributed by atoms with Crippen LogP contribution in [0.1, 0.15) is 47.0 Å². The van der Waals surface area contributed by atoms with Crippen molar-refractivity contribution in [2.75, 3.05) is 20.3 Å². The van der Waals surface area contributed by atoms with Crippen LogP contribution in [0.15, 0.2) is 0 Å². The Bertz CT molecular complexity index is 318. The lowest BCUT2D eigenvalue weighted by Crippen LogP contribution is -2.57. The Kier molecular flexibility index (Phi) is 6.43. The Balaban J connectivity index is 2.66. The van der Waals surface area contributed by atoms with E-state index < -0.39 is 5.54 Å². The minimum Gasteiger partial charge on any atom is -0.383 e. The predicted octanol–water partition coefficient (Wildman–Crippen LogP) is 1.12. The summed E-state index contributed by atoms with van der Waals surface area (Å²) in [5.41, 5.74) is 5.00. The number of nitrogens with one attached hydrogen (secondary N) is 1. The molecule has 0 aromatic heterocycles. The lowest BCUT2D eigenvalue weighted by atomic mass is 9.91. The van der Waals surface area contributed by atoms with Crippen LogP contribution in [0.3, 0.4) is 0 Å². The highest BCUT2D eigenvalue weighted by Gasteiger charge is 2.39. The van der Waals surface area contributed by atoms with E-state index in [2.05, 4.69) is 31.0 Å². The van der Waals surface area contributed by atoms with E-state index in [1.165, 1.54) is 0 Å². The van der Waals surface area contributed by atoms with Gasteiger partial charge in [0.1, 0.15) is 0 Å². The van der Waals surface area contributed by atoms with Gasteiger partial charge >= 0.3 is 0 Å². The van der Waals surface area contributed by atoms with Crippen LogP contribution in [0.2, 0.25) is 0 Å². The second kappa shape index (κ2) is 7.38. The number of carbonyl (C=O) groups excluding carboxylic acids is 1. The number of primary amides is 1. The molecule has 2 atom stereocenters. The molecule has 20 heavy (non-hydrogen) atoms. The number of carbonyl (C=O) groups is 1. The third kappa shape index (κ3) is 5.04. The summed E-state index contributed by atoms with van der Waals surface area (Å²) >= 11 is 0. The van der Waals surface area contributed by atoms with Crippen LogP contribution in [-0.2, 0) is 9.53 Å². The summed E-state index contributed by atoms with van der Waals surface area (Å²) in [6, 6.07) is 1.15. The van der Waals surface area contributed by atoms with Gasteiger partial charge in [-0.25, -0.2) is 0 Å². The lowest BCUT2D eigenvalue weighted by Gasteiger charge is -2.38. The summed E-state index contributed by atoms with van der Waals surface area (Å²) in [5.74, 6) is -0.258. The van der Waals surface area contributed by atoms with Gasteiger partial charge in [0.15, 0.2) is 0 Å². The minimum atomic E-state index is -0.624. The molecule has 1 aliphatic rings. The largest absolute Gasteiger partial charge is 0.383 e. The van der Waals surface area contributed by atoms with Crippen molar-refractivity contribution >= 4 is 5.91 Å². The van der Waals surface area contributed by atoms with Crippen LogP contribution in [0.5, 0.6) is 0 Å². The van der Waals surface area contributed by atoms with E-state index in [1.807, 2.05) is 6.92 Å².